The molecule has 0 aliphatic heterocycles. The number of nitrogens with zero attached hydrogens (tertiary/aromatic N) is 1. The van der Waals surface area contributed by atoms with Crippen molar-refractivity contribution >= 4 is 17.4 Å². The third-order valence-corrected chi connectivity index (χ3v) is 2.79. The monoisotopic (exact) mass is 267 g/mol. The number of aliphatic hydroxyl groups excluding tert-OH is 1. The molecule has 2 amide bonds. The Morgan fingerprint density at radius 3 is 2.63 bits per heavy atom. The van der Waals surface area contributed by atoms with E-state index in [4.69, 9.17) is 0 Å². The summed E-state index contributed by atoms with van der Waals surface area (Å²) in [6, 6.07) is 5.08. The Morgan fingerprint density at radius 1 is 1.47 bits per heavy atom. The van der Waals surface area contributed by atoms with Gasteiger partial charge in [0.1, 0.15) is 0 Å². The number of hydrogen-bond donors (Lipinski definition) is 3. The summed E-state index contributed by atoms with van der Waals surface area (Å²) in [6.07, 6.45) is -0.733. The zero-order chi connectivity index (χ0) is 14.6. The molecule has 0 radical (unpaired) electrons. The molecule has 0 bridgehead atoms. The fourth-order valence-corrected chi connectivity index (χ4v) is 1.26. The zero-order valence-electron chi connectivity index (χ0n) is 11.0. The van der Waals surface area contributed by atoms with E-state index in [1.54, 1.807) is 26.8 Å². The van der Waals surface area contributed by atoms with Gasteiger partial charge in [0.15, 0.2) is 0 Å². The average Bonchev–Trinajstić information content (AvgIpc) is 2.28. The van der Waals surface area contributed by atoms with Gasteiger partial charge < -0.3 is 15.7 Å². The molecule has 0 saturated carbocycles. The minimum Gasteiger partial charge on any atom is -0.391 e. The number of nitrogens with one attached hydrogen (secondary N) is 2. The van der Waals surface area contributed by atoms with E-state index >= 15 is 0 Å². The van der Waals surface area contributed by atoms with Gasteiger partial charge in [-0.3, -0.25) is 10.1 Å². The molecule has 1 unspecified atom stereocenters. The minimum atomic E-state index is -0.801. The summed E-state index contributed by atoms with van der Waals surface area (Å²) in [4.78, 5) is 21.8. The third kappa shape index (κ3) is 4.22. The first-order valence-corrected chi connectivity index (χ1v) is 5.74. The first kappa shape index (κ1) is 14.9. The predicted molar refractivity (Wildman–Crippen MR) is 71.0 cm³/mol. The number of anilines is 1. The lowest BCUT2D eigenvalue weighted by molar-refractivity contribution is -0.384. The number of amides is 2. The molecule has 19 heavy (non-hydrogen) atoms. The number of benzene rings is 1. The molecule has 0 saturated heterocycles. The van der Waals surface area contributed by atoms with Gasteiger partial charge in [0.25, 0.3) is 5.69 Å². The molecule has 7 nitrogen and oxygen atoms in total. The van der Waals surface area contributed by atoms with Crippen molar-refractivity contribution in [1.29, 1.82) is 0 Å². The van der Waals surface area contributed by atoms with Crippen molar-refractivity contribution in [3.8, 4) is 0 Å². The van der Waals surface area contributed by atoms with Gasteiger partial charge in [-0.15, -0.1) is 0 Å². The van der Waals surface area contributed by atoms with Gasteiger partial charge >= 0.3 is 6.03 Å². The summed E-state index contributed by atoms with van der Waals surface area (Å²) in [5.41, 5.74) is -0.592. The highest BCUT2D eigenvalue weighted by molar-refractivity contribution is 5.90. The van der Waals surface area contributed by atoms with Crippen LogP contribution in [0.3, 0.4) is 0 Å². The highest BCUT2D eigenvalue weighted by Gasteiger charge is 2.26. The number of non-ortho nitro benzene ring substituents is 1. The van der Waals surface area contributed by atoms with Crippen LogP contribution in [-0.4, -0.2) is 27.7 Å². The zero-order valence-corrected chi connectivity index (χ0v) is 11.0. The van der Waals surface area contributed by atoms with E-state index in [0.29, 0.717) is 5.69 Å². The summed E-state index contributed by atoms with van der Waals surface area (Å²) in [7, 11) is 0. The van der Waals surface area contributed by atoms with Gasteiger partial charge in [-0.2, -0.15) is 0 Å². The van der Waals surface area contributed by atoms with Crippen LogP contribution in [0.25, 0.3) is 0 Å². The van der Waals surface area contributed by atoms with E-state index in [0.717, 1.165) is 0 Å². The summed E-state index contributed by atoms with van der Waals surface area (Å²) in [5.74, 6) is 0. The Labute approximate surface area is 110 Å². The second-order valence-electron chi connectivity index (χ2n) is 4.78. The van der Waals surface area contributed by atoms with E-state index in [-0.39, 0.29) is 5.69 Å². The van der Waals surface area contributed by atoms with Crippen molar-refractivity contribution in [1.82, 2.24) is 5.32 Å². The average molecular weight is 267 g/mol. The fraction of sp³-hybridized carbons (Fsp3) is 0.417. The highest BCUT2D eigenvalue weighted by atomic mass is 16.6. The quantitative estimate of drug-likeness (QED) is 0.572. The normalized spacial score (nSPS) is 12.6. The summed E-state index contributed by atoms with van der Waals surface area (Å²) in [6.45, 7) is 4.91. The second kappa shape index (κ2) is 5.66. The lowest BCUT2D eigenvalue weighted by atomic mass is 9.99. The van der Waals surface area contributed by atoms with Crippen molar-refractivity contribution in [3.05, 3.63) is 34.4 Å². The topological polar surface area (TPSA) is 104 Å². The standard InChI is InChI=1S/C12H17N3O4/c1-8(16)12(2,3)14-11(17)13-9-5-4-6-10(7-9)15(18)19/h4-8,16H,1-3H3,(H2,13,14,17). The van der Waals surface area contributed by atoms with Gasteiger partial charge in [-0.1, -0.05) is 6.07 Å². The molecule has 3 N–H and O–H groups in total. The number of urea groups is 1. The summed E-state index contributed by atoms with van der Waals surface area (Å²) < 4.78 is 0. The molecular weight excluding hydrogens is 250 g/mol. The molecule has 104 valence electrons. The molecule has 0 heterocycles. The van der Waals surface area contributed by atoms with Crippen LogP contribution in [-0.2, 0) is 0 Å². The molecule has 1 rings (SSSR count). The van der Waals surface area contributed by atoms with Gasteiger partial charge in [-0.25, -0.2) is 4.79 Å². The number of aliphatic hydroxyl groups is 1. The molecule has 0 aliphatic rings. The second-order valence-corrected chi connectivity index (χ2v) is 4.78. The van der Waals surface area contributed by atoms with Crippen molar-refractivity contribution in [2.75, 3.05) is 5.32 Å². The van der Waals surface area contributed by atoms with Crippen molar-refractivity contribution in [2.45, 2.75) is 32.4 Å². The molecule has 1 aromatic rings. The number of nitro benzene ring substituents is 1. The van der Waals surface area contributed by atoms with E-state index in [2.05, 4.69) is 10.6 Å². The summed E-state index contributed by atoms with van der Waals surface area (Å²) >= 11 is 0. The van der Waals surface area contributed by atoms with Gasteiger partial charge in [-0.05, 0) is 26.8 Å². The van der Waals surface area contributed by atoms with E-state index in [1.807, 2.05) is 0 Å². The SMILES string of the molecule is CC(O)C(C)(C)NC(=O)Nc1cccc([N+](=O)[O-])c1. The molecule has 1 aromatic carbocycles. The van der Waals surface area contributed by atoms with Crippen molar-refractivity contribution < 1.29 is 14.8 Å². The van der Waals surface area contributed by atoms with Crippen LogP contribution in [0.5, 0.6) is 0 Å². The van der Waals surface area contributed by atoms with Crippen LogP contribution >= 0.6 is 0 Å². The Morgan fingerprint density at radius 2 is 2.11 bits per heavy atom. The molecule has 0 fully saturated rings. The highest BCUT2D eigenvalue weighted by Crippen LogP contribution is 2.17. The van der Waals surface area contributed by atoms with Crippen molar-refractivity contribution in [3.63, 3.8) is 0 Å². The van der Waals surface area contributed by atoms with Crippen LogP contribution in [0.15, 0.2) is 24.3 Å². The van der Waals surface area contributed by atoms with Crippen LogP contribution in [0.1, 0.15) is 20.8 Å². The first-order chi connectivity index (χ1) is 8.72. The van der Waals surface area contributed by atoms with E-state index in [9.17, 15) is 20.0 Å². The number of carbonyl (C=O) groups excluding carboxylic acids is 1. The van der Waals surface area contributed by atoms with Crippen LogP contribution in [0.4, 0.5) is 16.2 Å². The number of hydrogen-bond acceptors (Lipinski definition) is 4. The lowest BCUT2D eigenvalue weighted by Crippen LogP contribution is -2.52. The third-order valence-electron chi connectivity index (χ3n) is 2.79. The predicted octanol–water partition coefficient (Wildman–Crippen LogP) is 1.88. The van der Waals surface area contributed by atoms with Gasteiger partial charge in [0.05, 0.1) is 16.6 Å². The minimum absolute atomic E-state index is 0.104. The Bertz CT molecular complexity index is 486. The van der Waals surface area contributed by atoms with Crippen LogP contribution in [0, 0.1) is 10.1 Å². The number of carbonyl (C=O) groups is 1. The Hall–Kier alpha value is -2.15. The van der Waals surface area contributed by atoms with Crippen molar-refractivity contribution in [2.24, 2.45) is 0 Å². The lowest BCUT2D eigenvalue weighted by Gasteiger charge is -2.29. The molecule has 0 aromatic heterocycles. The maximum Gasteiger partial charge on any atom is 0.319 e. The number of rotatable bonds is 4. The molecule has 1 atom stereocenters. The molecular formula is C12H17N3O4. The first-order valence-electron chi connectivity index (χ1n) is 5.74. The fourth-order valence-electron chi connectivity index (χ4n) is 1.26. The van der Waals surface area contributed by atoms with Gasteiger partial charge in [0.2, 0.25) is 0 Å². The molecule has 0 spiro atoms. The Kier molecular flexibility index (Phi) is 4.44. The number of nitro groups is 1. The van der Waals surface area contributed by atoms with Crippen LogP contribution < -0.4 is 10.6 Å². The van der Waals surface area contributed by atoms with Gasteiger partial charge in [0, 0.05) is 17.8 Å². The van der Waals surface area contributed by atoms with E-state index < -0.39 is 22.6 Å². The smallest absolute Gasteiger partial charge is 0.319 e. The maximum absolute atomic E-state index is 11.7. The largest absolute Gasteiger partial charge is 0.391 e. The molecule has 0 aliphatic carbocycles. The maximum atomic E-state index is 11.7. The van der Waals surface area contributed by atoms with Crippen LogP contribution in [0.2, 0.25) is 0 Å². The Balaban J connectivity index is 2.72. The molecule has 7 heteroatoms. The van der Waals surface area contributed by atoms with E-state index in [1.165, 1.54) is 18.2 Å². The summed E-state index contributed by atoms with van der Waals surface area (Å²) in [5, 5.41) is 25.1.